The number of nitrogen functional groups attached to an aromatic ring is 1. The fourth-order valence-electron chi connectivity index (χ4n) is 2.17. The van der Waals surface area contributed by atoms with Crippen molar-refractivity contribution in [3.05, 3.63) is 41.2 Å². The zero-order valence-corrected chi connectivity index (χ0v) is 10.6. The minimum atomic E-state index is -1.02. The second kappa shape index (κ2) is 4.12. The summed E-state index contributed by atoms with van der Waals surface area (Å²) in [6.07, 6.45) is 4.25. The fraction of sp³-hybridized carbons (Fsp3) is 0.286. The lowest BCUT2D eigenvalue weighted by atomic mass is 10.1. The average molecular weight is 257 g/mol. The lowest BCUT2D eigenvalue weighted by Gasteiger charge is -2.09. The summed E-state index contributed by atoms with van der Waals surface area (Å²) in [5.41, 5.74) is 8.77. The molecule has 0 unspecified atom stereocenters. The maximum Gasteiger partial charge on any atom is 0.337 e. The molecule has 1 saturated carbocycles. The summed E-state index contributed by atoms with van der Waals surface area (Å²) in [6, 6.07) is 5.41. The highest BCUT2D eigenvalue weighted by molar-refractivity contribution is 5.95. The number of hydrogen-bond acceptors (Lipinski definition) is 3. The summed E-state index contributed by atoms with van der Waals surface area (Å²) < 4.78 is 1.71. The molecule has 1 heterocycles. The predicted molar refractivity (Wildman–Crippen MR) is 71.6 cm³/mol. The first kappa shape index (κ1) is 11.8. The number of aryl methyl sites for hydroxylation is 1. The molecule has 19 heavy (non-hydrogen) atoms. The summed E-state index contributed by atoms with van der Waals surface area (Å²) in [6.45, 7) is 1.80. The Morgan fingerprint density at radius 2 is 2.21 bits per heavy atom. The number of benzene rings is 1. The Hall–Kier alpha value is -2.30. The van der Waals surface area contributed by atoms with Crippen LogP contribution in [0.5, 0.6) is 0 Å². The topological polar surface area (TPSA) is 81.1 Å². The third-order valence-electron chi connectivity index (χ3n) is 3.47. The first-order valence-electron chi connectivity index (χ1n) is 6.25. The fourth-order valence-corrected chi connectivity index (χ4v) is 2.17. The van der Waals surface area contributed by atoms with Gasteiger partial charge in [0, 0.05) is 17.8 Å². The van der Waals surface area contributed by atoms with E-state index in [1.165, 1.54) is 12.8 Å². The van der Waals surface area contributed by atoms with E-state index < -0.39 is 5.97 Å². The Morgan fingerprint density at radius 1 is 1.47 bits per heavy atom. The first-order chi connectivity index (χ1) is 9.06. The van der Waals surface area contributed by atoms with E-state index in [0.717, 1.165) is 16.9 Å². The molecule has 0 bridgehead atoms. The van der Waals surface area contributed by atoms with Crippen molar-refractivity contribution in [1.82, 2.24) is 9.78 Å². The molecule has 1 fully saturated rings. The van der Waals surface area contributed by atoms with Crippen molar-refractivity contribution in [2.75, 3.05) is 5.73 Å². The summed E-state index contributed by atoms with van der Waals surface area (Å²) in [4.78, 5) is 11.2. The largest absolute Gasteiger partial charge is 0.478 e. The van der Waals surface area contributed by atoms with E-state index in [1.54, 1.807) is 17.7 Å². The van der Waals surface area contributed by atoms with Crippen LogP contribution in [-0.4, -0.2) is 20.9 Å². The van der Waals surface area contributed by atoms with Crippen molar-refractivity contribution < 1.29 is 9.90 Å². The van der Waals surface area contributed by atoms with Crippen molar-refractivity contribution >= 4 is 11.7 Å². The molecule has 0 atom stereocenters. The number of anilines is 1. The van der Waals surface area contributed by atoms with E-state index in [1.807, 2.05) is 18.3 Å². The molecule has 3 rings (SSSR count). The van der Waals surface area contributed by atoms with Gasteiger partial charge in [0.25, 0.3) is 0 Å². The summed E-state index contributed by atoms with van der Waals surface area (Å²) in [5.74, 6) is -0.438. The van der Waals surface area contributed by atoms with Gasteiger partial charge >= 0.3 is 5.97 Å². The molecule has 5 heteroatoms. The predicted octanol–water partition coefficient (Wildman–Crippen LogP) is 2.34. The molecule has 1 aromatic carbocycles. The highest BCUT2D eigenvalue weighted by Gasteiger charge is 2.26. The molecule has 1 aliphatic rings. The van der Waals surface area contributed by atoms with Crippen LogP contribution in [0.3, 0.4) is 0 Å². The summed E-state index contributed by atoms with van der Waals surface area (Å²) in [5, 5.41) is 13.7. The quantitative estimate of drug-likeness (QED) is 0.827. The third kappa shape index (κ3) is 2.07. The number of hydrogen-bond donors (Lipinski definition) is 2. The molecule has 5 nitrogen and oxygen atoms in total. The number of carboxylic acid groups (broad SMARTS) is 1. The molecule has 1 aliphatic carbocycles. The number of aromatic nitrogens is 2. The normalized spacial score (nSPS) is 14.6. The Kier molecular flexibility index (Phi) is 2.55. The van der Waals surface area contributed by atoms with E-state index >= 15 is 0 Å². The van der Waals surface area contributed by atoms with Crippen LogP contribution in [0.4, 0.5) is 5.69 Å². The van der Waals surface area contributed by atoms with Crippen LogP contribution >= 0.6 is 0 Å². The van der Waals surface area contributed by atoms with Gasteiger partial charge < -0.3 is 10.8 Å². The minimum absolute atomic E-state index is 0.124. The maximum absolute atomic E-state index is 11.2. The second-order valence-corrected chi connectivity index (χ2v) is 4.99. The monoisotopic (exact) mass is 257 g/mol. The standard InChI is InChI=1S/C14H15N3O2/c1-8-6-10(7-11(13(8)15)14(18)19)17-5-4-12(16-17)9-2-3-9/h4-7,9H,2-3,15H2,1H3,(H,18,19). The van der Waals surface area contributed by atoms with Gasteiger partial charge in [-0.3, -0.25) is 0 Å². The summed E-state index contributed by atoms with van der Waals surface area (Å²) in [7, 11) is 0. The van der Waals surface area contributed by atoms with Gasteiger partial charge in [0.2, 0.25) is 0 Å². The zero-order valence-electron chi connectivity index (χ0n) is 10.6. The maximum atomic E-state index is 11.2. The Labute approximate surface area is 110 Å². The van der Waals surface area contributed by atoms with Gasteiger partial charge in [-0.1, -0.05) is 0 Å². The van der Waals surface area contributed by atoms with E-state index in [-0.39, 0.29) is 5.56 Å². The van der Waals surface area contributed by atoms with E-state index in [2.05, 4.69) is 5.10 Å². The second-order valence-electron chi connectivity index (χ2n) is 4.99. The number of nitrogens with two attached hydrogens (primary N) is 1. The van der Waals surface area contributed by atoms with Crippen LogP contribution in [-0.2, 0) is 0 Å². The molecule has 2 aromatic rings. The van der Waals surface area contributed by atoms with Crippen LogP contribution in [0.25, 0.3) is 5.69 Å². The van der Waals surface area contributed by atoms with E-state index in [9.17, 15) is 4.79 Å². The molecule has 0 spiro atoms. The van der Waals surface area contributed by atoms with E-state index in [4.69, 9.17) is 10.8 Å². The lowest BCUT2D eigenvalue weighted by molar-refractivity contribution is 0.0698. The van der Waals surface area contributed by atoms with Crippen molar-refractivity contribution in [2.45, 2.75) is 25.7 Å². The van der Waals surface area contributed by atoms with Crippen LogP contribution in [0, 0.1) is 6.92 Å². The molecular formula is C14H15N3O2. The Morgan fingerprint density at radius 3 is 2.84 bits per heavy atom. The number of carbonyl (C=O) groups is 1. The highest BCUT2D eigenvalue weighted by Crippen LogP contribution is 2.39. The molecule has 0 radical (unpaired) electrons. The van der Waals surface area contributed by atoms with Gasteiger partial charge in [0.05, 0.1) is 16.9 Å². The van der Waals surface area contributed by atoms with Gasteiger partial charge in [-0.25, -0.2) is 9.48 Å². The molecule has 98 valence electrons. The van der Waals surface area contributed by atoms with Crippen LogP contribution in [0.15, 0.2) is 24.4 Å². The van der Waals surface area contributed by atoms with Crippen molar-refractivity contribution in [2.24, 2.45) is 0 Å². The molecule has 1 aromatic heterocycles. The van der Waals surface area contributed by atoms with E-state index in [0.29, 0.717) is 11.6 Å². The van der Waals surface area contributed by atoms with Gasteiger partial charge in [-0.05, 0) is 43.5 Å². The number of rotatable bonds is 3. The van der Waals surface area contributed by atoms with Crippen LogP contribution < -0.4 is 5.73 Å². The van der Waals surface area contributed by atoms with Crippen molar-refractivity contribution in [1.29, 1.82) is 0 Å². The molecule has 0 aliphatic heterocycles. The highest BCUT2D eigenvalue weighted by atomic mass is 16.4. The molecule has 3 N–H and O–H groups in total. The van der Waals surface area contributed by atoms with Gasteiger partial charge in [0.1, 0.15) is 0 Å². The average Bonchev–Trinajstić information content (AvgIpc) is 3.10. The van der Waals surface area contributed by atoms with Crippen molar-refractivity contribution in [3.8, 4) is 5.69 Å². The molecule has 0 saturated heterocycles. The number of nitrogens with zero attached hydrogens (tertiary/aromatic N) is 2. The molecule has 0 amide bonds. The van der Waals surface area contributed by atoms with Gasteiger partial charge in [-0.2, -0.15) is 5.10 Å². The lowest BCUT2D eigenvalue weighted by Crippen LogP contribution is -2.07. The Balaban J connectivity index is 2.05. The minimum Gasteiger partial charge on any atom is -0.478 e. The van der Waals surface area contributed by atoms with Crippen LogP contribution in [0.2, 0.25) is 0 Å². The van der Waals surface area contributed by atoms with Gasteiger partial charge in [0.15, 0.2) is 0 Å². The number of aromatic carboxylic acids is 1. The van der Waals surface area contributed by atoms with Gasteiger partial charge in [-0.15, -0.1) is 0 Å². The zero-order chi connectivity index (χ0) is 13.6. The van der Waals surface area contributed by atoms with Crippen molar-refractivity contribution in [3.63, 3.8) is 0 Å². The third-order valence-corrected chi connectivity index (χ3v) is 3.47. The summed E-state index contributed by atoms with van der Waals surface area (Å²) >= 11 is 0. The Bertz CT molecular complexity index is 657. The number of carboxylic acids is 1. The van der Waals surface area contributed by atoms with Crippen LogP contribution in [0.1, 0.15) is 40.4 Å². The first-order valence-corrected chi connectivity index (χ1v) is 6.25. The smallest absolute Gasteiger partial charge is 0.337 e. The molecular weight excluding hydrogens is 242 g/mol. The SMILES string of the molecule is Cc1cc(-n2ccc(C3CC3)n2)cc(C(=O)O)c1N.